The van der Waals surface area contributed by atoms with E-state index in [9.17, 15) is 4.79 Å². The second kappa shape index (κ2) is 9.96. The van der Waals surface area contributed by atoms with Crippen LogP contribution >= 0.6 is 15.9 Å². The molecule has 0 spiro atoms. The molecule has 0 heterocycles. The lowest BCUT2D eigenvalue weighted by Gasteiger charge is -2.21. The van der Waals surface area contributed by atoms with E-state index >= 15 is 0 Å². The molecule has 0 amide bonds. The molecule has 0 aliphatic carbocycles. The Balaban J connectivity index is 2.31. The van der Waals surface area contributed by atoms with E-state index in [1.54, 1.807) is 0 Å². The Morgan fingerprint density at radius 1 is 1.17 bits per heavy atom. The second-order valence-corrected chi connectivity index (χ2v) is 7.84. The summed E-state index contributed by atoms with van der Waals surface area (Å²) >= 11 is 3.42. The van der Waals surface area contributed by atoms with Crippen LogP contribution in [0.1, 0.15) is 58.9 Å². The first kappa shape index (κ1) is 20.0. The molecular weight excluding hydrogens is 356 g/mol. The highest BCUT2D eigenvalue weighted by Gasteiger charge is 2.16. The Bertz CT molecular complexity index is 462. The van der Waals surface area contributed by atoms with E-state index in [0.717, 1.165) is 37.9 Å². The quantitative estimate of drug-likeness (QED) is 0.329. The molecule has 130 valence electrons. The van der Waals surface area contributed by atoms with Gasteiger partial charge in [0.2, 0.25) is 0 Å². The molecule has 23 heavy (non-hydrogen) atoms. The molecular formula is C19H29BrO3. The van der Waals surface area contributed by atoms with Gasteiger partial charge in [0.25, 0.3) is 0 Å². The van der Waals surface area contributed by atoms with Crippen molar-refractivity contribution in [1.82, 2.24) is 0 Å². The Labute approximate surface area is 148 Å². The predicted octanol–water partition coefficient (Wildman–Crippen LogP) is 5.29. The third-order valence-corrected chi connectivity index (χ3v) is 4.10. The Morgan fingerprint density at radius 2 is 1.83 bits per heavy atom. The Hall–Kier alpha value is -1.03. The maximum absolute atomic E-state index is 11.8. The van der Waals surface area contributed by atoms with Crippen LogP contribution in [0.4, 0.5) is 0 Å². The zero-order valence-electron chi connectivity index (χ0n) is 14.7. The third-order valence-electron chi connectivity index (χ3n) is 3.27. The molecule has 1 rings (SSSR count). The Kier molecular flexibility index (Phi) is 8.67. The van der Waals surface area contributed by atoms with Crippen LogP contribution in [-0.2, 0) is 16.0 Å². The van der Waals surface area contributed by atoms with Gasteiger partial charge in [-0.3, -0.25) is 4.79 Å². The Morgan fingerprint density at radius 3 is 2.39 bits per heavy atom. The molecule has 1 aromatic rings. The number of alkyl halides is 1. The maximum Gasteiger partial charge on any atom is 0.319 e. The number of benzene rings is 1. The summed E-state index contributed by atoms with van der Waals surface area (Å²) in [6, 6.07) is 8.18. The summed E-state index contributed by atoms with van der Waals surface area (Å²) in [5.74, 6) is 0.742. The number of unbranched alkanes of at least 4 members (excludes halogenated alkanes) is 1. The van der Waals surface area contributed by atoms with Crippen molar-refractivity contribution in [3.63, 3.8) is 0 Å². The van der Waals surface area contributed by atoms with Crippen molar-refractivity contribution in [2.75, 3.05) is 6.61 Å². The van der Waals surface area contributed by atoms with Gasteiger partial charge in [-0.2, -0.15) is 0 Å². The van der Waals surface area contributed by atoms with E-state index in [2.05, 4.69) is 35.0 Å². The van der Waals surface area contributed by atoms with Gasteiger partial charge in [-0.25, -0.2) is 0 Å². The molecule has 0 aliphatic heterocycles. The zero-order chi connectivity index (χ0) is 17.3. The SMILES string of the molecule is CCCCOC(=O)C(Br)CCCc1ccc(OC(C)(C)C)cc1. The summed E-state index contributed by atoms with van der Waals surface area (Å²) in [6.07, 6.45) is 4.63. The van der Waals surface area contributed by atoms with Crippen LogP contribution in [0.15, 0.2) is 24.3 Å². The van der Waals surface area contributed by atoms with Gasteiger partial charge < -0.3 is 9.47 Å². The number of rotatable bonds is 9. The van der Waals surface area contributed by atoms with E-state index < -0.39 is 0 Å². The number of hydrogen-bond acceptors (Lipinski definition) is 3. The molecule has 4 heteroatoms. The molecule has 0 saturated heterocycles. The van der Waals surface area contributed by atoms with E-state index in [1.807, 2.05) is 32.9 Å². The standard InChI is InChI=1S/C19H29BrO3/c1-5-6-14-22-18(21)17(20)9-7-8-15-10-12-16(13-11-15)23-19(2,3)4/h10-13,17H,5-9,14H2,1-4H3. The summed E-state index contributed by atoms with van der Waals surface area (Å²) in [5.41, 5.74) is 1.08. The average Bonchev–Trinajstić information content (AvgIpc) is 2.47. The fraction of sp³-hybridized carbons (Fsp3) is 0.632. The highest BCUT2D eigenvalue weighted by molar-refractivity contribution is 9.10. The van der Waals surface area contributed by atoms with Crippen molar-refractivity contribution in [2.45, 2.75) is 70.2 Å². The molecule has 0 aromatic heterocycles. The molecule has 1 unspecified atom stereocenters. The minimum atomic E-state index is -0.206. The topological polar surface area (TPSA) is 35.5 Å². The van der Waals surface area contributed by atoms with Crippen LogP contribution in [0.3, 0.4) is 0 Å². The molecule has 0 fully saturated rings. The van der Waals surface area contributed by atoms with Crippen LogP contribution in [0.25, 0.3) is 0 Å². The van der Waals surface area contributed by atoms with Gasteiger partial charge in [0.1, 0.15) is 16.2 Å². The number of halogens is 1. The van der Waals surface area contributed by atoms with Gasteiger partial charge in [0, 0.05) is 0 Å². The third kappa shape index (κ3) is 8.99. The summed E-state index contributed by atoms with van der Waals surface area (Å²) in [5, 5.41) is 0. The average molecular weight is 385 g/mol. The predicted molar refractivity (Wildman–Crippen MR) is 98.3 cm³/mol. The fourth-order valence-corrected chi connectivity index (χ4v) is 2.54. The number of esters is 1. The summed E-state index contributed by atoms with van der Waals surface area (Å²) in [7, 11) is 0. The normalized spacial score (nSPS) is 12.7. The van der Waals surface area contributed by atoms with Crippen molar-refractivity contribution in [3.8, 4) is 5.75 Å². The molecule has 0 bridgehead atoms. The lowest BCUT2D eigenvalue weighted by atomic mass is 10.1. The number of hydrogen-bond donors (Lipinski definition) is 0. The molecule has 0 radical (unpaired) electrons. The number of aryl methyl sites for hydroxylation is 1. The van der Waals surface area contributed by atoms with E-state index in [4.69, 9.17) is 9.47 Å². The molecule has 0 aliphatic rings. The number of ether oxygens (including phenoxy) is 2. The van der Waals surface area contributed by atoms with Crippen molar-refractivity contribution >= 4 is 21.9 Å². The molecule has 1 aromatic carbocycles. The largest absolute Gasteiger partial charge is 0.488 e. The van der Waals surface area contributed by atoms with Gasteiger partial charge in [0.15, 0.2) is 0 Å². The monoisotopic (exact) mass is 384 g/mol. The van der Waals surface area contributed by atoms with Crippen molar-refractivity contribution in [3.05, 3.63) is 29.8 Å². The minimum Gasteiger partial charge on any atom is -0.488 e. The van der Waals surface area contributed by atoms with Gasteiger partial charge in [0.05, 0.1) is 6.61 Å². The second-order valence-electron chi connectivity index (χ2n) is 6.74. The lowest BCUT2D eigenvalue weighted by Crippen LogP contribution is -2.22. The highest BCUT2D eigenvalue weighted by Crippen LogP contribution is 2.20. The van der Waals surface area contributed by atoms with Crippen LogP contribution < -0.4 is 4.74 Å². The summed E-state index contributed by atoms with van der Waals surface area (Å²) in [6.45, 7) is 8.72. The van der Waals surface area contributed by atoms with Crippen LogP contribution in [-0.4, -0.2) is 23.0 Å². The molecule has 3 nitrogen and oxygen atoms in total. The molecule has 1 atom stereocenters. The fourth-order valence-electron chi connectivity index (χ4n) is 2.09. The number of carbonyl (C=O) groups excluding carboxylic acids is 1. The van der Waals surface area contributed by atoms with Gasteiger partial charge in [-0.15, -0.1) is 0 Å². The minimum absolute atomic E-state index is 0.146. The van der Waals surface area contributed by atoms with E-state index in [0.29, 0.717) is 6.61 Å². The summed E-state index contributed by atoms with van der Waals surface area (Å²) in [4.78, 5) is 11.5. The summed E-state index contributed by atoms with van der Waals surface area (Å²) < 4.78 is 11.0. The first-order valence-corrected chi connectivity index (χ1v) is 9.32. The first-order chi connectivity index (χ1) is 10.8. The van der Waals surface area contributed by atoms with E-state index in [-0.39, 0.29) is 16.4 Å². The smallest absolute Gasteiger partial charge is 0.319 e. The van der Waals surface area contributed by atoms with E-state index in [1.165, 1.54) is 5.56 Å². The molecule has 0 saturated carbocycles. The first-order valence-electron chi connectivity index (χ1n) is 8.40. The van der Waals surface area contributed by atoms with Gasteiger partial charge in [-0.1, -0.05) is 41.4 Å². The van der Waals surface area contributed by atoms with Crippen LogP contribution in [0, 0.1) is 0 Å². The molecule has 0 N–H and O–H groups in total. The van der Waals surface area contributed by atoms with Crippen LogP contribution in [0.5, 0.6) is 5.75 Å². The van der Waals surface area contributed by atoms with Crippen molar-refractivity contribution < 1.29 is 14.3 Å². The van der Waals surface area contributed by atoms with Crippen molar-refractivity contribution in [2.24, 2.45) is 0 Å². The van der Waals surface area contributed by atoms with Gasteiger partial charge in [-0.05, 0) is 64.2 Å². The number of carbonyl (C=O) groups is 1. The van der Waals surface area contributed by atoms with Crippen molar-refractivity contribution in [1.29, 1.82) is 0 Å². The highest BCUT2D eigenvalue weighted by atomic mass is 79.9. The van der Waals surface area contributed by atoms with Crippen LogP contribution in [0.2, 0.25) is 0 Å². The lowest BCUT2D eigenvalue weighted by molar-refractivity contribution is -0.143. The van der Waals surface area contributed by atoms with Gasteiger partial charge >= 0.3 is 5.97 Å². The maximum atomic E-state index is 11.8. The zero-order valence-corrected chi connectivity index (χ0v) is 16.3.